The van der Waals surface area contributed by atoms with Gasteiger partial charge in [0, 0.05) is 7.05 Å². The van der Waals surface area contributed by atoms with Crippen molar-refractivity contribution in [2.45, 2.75) is 13.0 Å². The number of hydrogen-bond acceptors (Lipinski definition) is 5. The molecule has 0 bridgehead atoms. The molecule has 0 heterocycles. The Balaban J connectivity index is 2.35. The topological polar surface area (TPSA) is 93.7 Å². The largest absolute Gasteiger partial charge is 0.479 e. The number of imide groups is 1. The minimum atomic E-state index is -0.856. The van der Waals surface area contributed by atoms with Crippen molar-refractivity contribution in [3.63, 3.8) is 0 Å². The van der Waals surface area contributed by atoms with Crippen molar-refractivity contribution in [2.75, 3.05) is 13.7 Å². The Labute approximate surface area is 116 Å². The Morgan fingerprint density at radius 3 is 2.45 bits per heavy atom. The lowest BCUT2D eigenvalue weighted by Crippen LogP contribution is -2.40. The van der Waals surface area contributed by atoms with E-state index in [9.17, 15) is 14.4 Å². The molecule has 20 heavy (non-hydrogen) atoms. The molecular weight excluding hydrogens is 264 g/mol. The second-order valence-electron chi connectivity index (χ2n) is 3.81. The maximum atomic E-state index is 11.6. The van der Waals surface area contributed by atoms with E-state index < -0.39 is 30.6 Å². The third-order valence-corrected chi connectivity index (χ3v) is 2.21. The van der Waals surface area contributed by atoms with Crippen molar-refractivity contribution >= 4 is 17.9 Å². The Morgan fingerprint density at radius 1 is 1.20 bits per heavy atom. The fraction of sp³-hybridized carbons (Fsp3) is 0.308. The highest BCUT2D eigenvalue weighted by Crippen LogP contribution is 2.11. The molecule has 7 heteroatoms. The molecule has 0 aliphatic rings. The predicted octanol–water partition coefficient (Wildman–Crippen LogP) is 0.453. The predicted molar refractivity (Wildman–Crippen MR) is 70.1 cm³/mol. The van der Waals surface area contributed by atoms with E-state index >= 15 is 0 Å². The van der Waals surface area contributed by atoms with Crippen molar-refractivity contribution in [1.29, 1.82) is 0 Å². The Kier molecular flexibility index (Phi) is 6.02. The molecule has 7 nitrogen and oxygen atoms in total. The lowest BCUT2D eigenvalue weighted by Gasteiger charge is -2.13. The Bertz CT molecular complexity index is 475. The Hall–Kier alpha value is -2.57. The number of urea groups is 1. The average molecular weight is 280 g/mol. The molecule has 0 saturated carbocycles. The monoisotopic (exact) mass is 280 g/mol. The molecule has 0 aliphatic heterocycles. The van der Waals surface area contributed by atoms with E-state index in [2.05, 4.69) is 5.32 Å². The maximum absolute atomic E-state index is 11.6. The van der Waals surface area contributed by atoms with Gasteiger partial charge in [0.25, 0.3) is 5.91 Å². The minimum Gasteiger partial charge on any atom is -0.479 e. The SMILES string of the molecule is CNC(=O)NC(=O)COC(=O)[C@H](C)Oc1ccccc1. The maximum Gasteiger partial charge on any atom is 0.347 e. The summed E-state index contributed by atoms with van der Waals surface area (Å²) in [6.45, 7) is 0.959. The van der Waals surface area contributed by atoms with Gasteiger partial charge in [0.1, 0.15) is 5.75 Å². The summed E-state index contributed by atoms with van der Waals surface area (Å²) in [4.78, 5) is 33.6. The quantitative estimate of drug-likeness (QED) is 0.764. The van der Waals surface area contributed by atoms with Crippen molar-refractivity contribution in [2.24, 2.45) is 0 Å². The molecule has 1 atom stereocenters. The first-order valence-corrected chi connectivity index (χ1v) is 5.93. The van der Waals surface area contributed by atoms with Crippen LogP contribution in [0.25, 0.3) is 0 Å². The molecule has 0 unspecified atom stereocenters. The van der Waals surface area contributed by atoms with Gasteiger partial charge in [-0.15, -0.1) is 0 Å². The number of carbonyl (C=O) groups excluding carboxylic acids is 3. The summed E-state index contributed by atoms with van der Waals surface area (Å²) >= 11 is 0. The average Bonchev–Trinajstić information content (AvgIpc) is 2.45. The minimum absolute atomic E-state index is 0.520. The van der Waals surface area contributed by atoms with Crippen LogP contribution >= 0.6 is 0 Å². The molecule has 0 saturated heterocycles. The van der Waals surface area contributed by atoms with E-state index in [1.807, 2.05) is 11.4 Å². The fourth-order valence-corrected chi connectivity index (χ4v) is 1.23. The van der Waals surface area contributed by atoms with E-state index in [4.69, 9.17) is 9.47 Å². The van der Waals surface area contributed by atoms with Gasteiger partial charge in [0.05, 0.1) is 0 Å². The van der Waals surface area contributed by atoms with Gasteiger partial charge < -0.3 is 14.8 Å². The van der Waals surface area contributed by atoms with Crippen molar-refractivity contribution in [1.82, 2.24) is 10.6 Å². The molecule has 0 aromatic heterocycles. The van der Waals surface area contributed by atoms with Crippen LogP contribution in [0.1, 0.15) is 6.92 Å². The van der Waals surface area contributed by atoms with Crippen LogP contribution < -0.4 is 15.4 Å². The summed E-state index contributed by atoms with van der Waals surface area (Å²) in [7, 11) is 1.37. The lowest BCUT2D eigenvalue weighted by atomic mass is 10.3. The molecule has 2 N–H and O–H groups in total. The number of esters is 1. The van der Waals surface area contributed by atoms with Crippen molar-refractivity contribution < 1.29 is 23.9 Å². The molecule has 108 valence electrons. The Morgan fingerprint density at radius 2 is 1.85 bits per heavy atom. The van der Waals surface area contributed by atoms with Gasteiger partial charge in [-0.1, -0.05) is 18.2 Å². The zero-order valence-electron chi connectivity index (χ0n) is 11.2. The van der Waals surface area contributed by atoms with Gasteiger partial charge in [0.2, 0.25) is 0 Å². The number of nitrogens with one attached hydrogen (secondary N) is 2. The molecule has 3 amide bonds. The molecule has 1 aromatic rings. The lowest BCUT2D eigenvalue weighted by molar-refractivity contribution is -0.154. The van der Waals surface area contributed by atoms with Gasteiger partial charge in [-0.2, -0.15) is 0 Å². The summed E-state index contributed by atoms with van der Waals surface area (Å²) in [6.07, 6.45) is -0.856. The summed E-state index contributed by atoms with van der Waals surface area (Å²) in [5.41, 5.74) is 0. The van der Waals surface area contributed by atoms with Crippen LogP contribution in [0.5, 0.6) is 5.75 Å². The number of rotatable bonds is 5. The normalized spacial score (nSPS) is 11.1. The van der Waals surface area contributed by atoms with Crippen LogP contribution in [0.2, 0.25) is 0 Å². The third kappa shape index (κ3) is 5.38. The van der Waals surface area contributed by atoms with E-state index in [0.29, 0.717) is 5.75 Å². The van der Waals surface area contributed by atoms with E-state index in [-0.39, 0.29) is 0 Å². The highest BCUT2D eigenvalue weighted by molar-refractivity contribution is 5.95. The van der Waals surface area contributed by atoms with Crippen LogP contribution in [-0.2, 0) is 14.3 Å². The van der Waals surface area contributed by atoms with Gasteiger partial charge in [0.15, 0.2) is 12.7 Å². The number of carbonyl (C=O) groups is 3. The van der Waals surface area contributed by atoms with Crippen molar-refractivity contribution in [3.8, 4) is 5.75 Å². The van der Waals surface area contributed by atoms with Crippen LogP contribution in [-0.4, -0.2) is 37.7 Å². The zero-order valence-corrected chi connectivity index (χ0v) is 11.2. The third-order valence-electron chi connectivity index (χ3n) is 2.21. The van der Waals surface area contributed by atoms with Gasteiger partial charge in [-0.3, -0.25) is 10.1 Å². The van der Waals surface area contributed by atoms with E-state index in [1.54, 1.807) is 24.3 Å². The number of benzene rings is 1. The van der Waals surface area contributed by atoms with Crippen molar-refractivity contribution in [3.05, 3.63) is 30.3 Å². The first kappa shape index (κ1) is 15.5. The summed E-state index contributed by atoms with van der Waals surface area (Å²) in [5.74, 6) is -0.891. The summed E-state index contributed by atoms with van der Waals surface area (Å²) in [6, 6.07) is 8.08. The van der Waals surface area contributed by atoms with Crippen LogP contribution in [0.3, 0.4) is 0 Å². The van der Waals surface area contributed by atoms with Crippen LogP contribution in [0, 0.1) is 0 Å². The molecule has 0 fully saturated rings. The summed E-state index contributed by atoms with van der Waals surface area (Å²) < 4.78 is 10.1. The number of amides is 3. The zero-order chi connectivity index (χ0) is 15.0. The second-order valence-corrected chi connectivity index (χ2v) is 3.81. The number of ether oxygens (including phenoxy) is 2. The molecule has 0 radical (unpaired) electrons. The molecule has 0 spiro atoms. The summed E-state index contributed by atoms with van der Waals surface area (Å²) in [5, 5.41) is 4.17. The van der Waals surface area contributed by atoms with E-state index in [1.165, 1.54) is 14.0 Å². The highest BCUT2D eigenvalue weighted by Gasteiger charge is 2.18. The molecular formula is C13H16N2O5. The smallest absolute Gasteiger partial charge is 0.347 e. The fourth-order valence-electron chi connectivity index (χ4n) is 1.23. The first-order valence-electron chi connectivity index (χ1n) is 5.93. The number of hydrogen-bond donors (Lipinski definition) is 2. The molecule has 1 rings (SSSR count). The van der Waals surface area contributed by atoms with Crippen LogP contribution in [0.4, 0.5) is 4.79 Å². The molecule has 1 aromatic carbocycles. The van der Waals surface area contributed by atoms with Gasteiger partial charge >= 0.3 is 12.0 Å². The highest BCUT2D eigenvalue weighted by atomic mass is 16.6. The van der Waals surface area contributed by atoms with Crippen LogP contribution in [0.15, 0.2) is 30.3 Å². The second kappa shape index (κ2) is 7.78. The number of para-hydroxylation sites is 1. The van der Waals surface area contributed by atoms with E-state index in [0.717, 1.165) is 0 Å². The van der Waals surface area contributed by atoms with Gasteiger partial charge in [-0.25, -0.2) is 9.59 Å². The standard InChI is InChI=1S/C13H16N2O5/c1-9(20-10-6-4-3-5-7-10)12(17)19-8-11(16)15-13(18)14-2/h3-7,9H,8H2,1-2H3,(H2,14,15,16,18)/t9-/m0/s1. The first-order chi connectivity index (χ1) is 9.52. The van der Waals surface area contributed by atoms with Gasteiger partial charge in [-0.05, 0) is 19.1 Å². The molecule has 0 aliphatic carbocycles.